The van der Waals surface area contributed by atoms with Crippen LogP contribution >= 0.6 is 12.4 Å². The van der Waals surface area contributed by atoms with Crippen LogP contribution < -0.4 is 16.0 Å². The van der Waals surface area contributed by atoms with E-state index in [-0.39, 0.29) is 18.4 Å². The number of likely N-dealkylation sites (tertiary alicyclic amines) is 1. The van der Waals surface area contributed by atoms with Gasteiger partial charge >= 0.3 is 6.03 Å². The topological polar surface area (TPSA) is 65.6 Å². The molecule has 6 nitrogen and oxygen atoms in total. The van der Waals surface area contributed by atoms with Crippen LogP contribution in [0.2, 0.25) is 0 Å². The van der Waals surface area contributed by atoms with Crippen molar-refractivity contribution < 1.29 is 9.53 Å². The van der Waals surface area contributed by atoms with Crippen LogP contribution in [-0.4, -0.2) is 55.9 Å². The molecule has 29 heavy (non-hydrogen) atoms. The maximum atomic E-state index is 12.5. The van der Waals surface area contributed by atoms with E-state index in [9.17, 15) is 4.79 Å². The first-order valence-corrected chi connectivity index (χ1v) is 11.0. The lowest BCUT2D eigenvalue weighted by Gasteiger charge is -2.33. The summed E-state index contributed by atoms with van der Waals surface area (Å²) in [6.45, 7) is 4.34. The second-order valence-electron chi connectivity index (χ2n) is 8.39. The number of halogens is 1. The highest BCUT2D eigenvalue weighted by Gasteiger charge is 2.34. The lowest BCUT2D eigenvalue weighted by atomic mass is 9.94. The predicted molar refractivity (Wildman–Crippen MR) is 120 cm³/mol. The Morgan fingerprint density at radius 2 is 1.72 bits per heavy atom. The zero-order chi connectivity index (χ0) is 19.2. The molecule has 1 aromatic carbocycles. The number of amides is 2. The molecule has 1 aliphatic carbocycles. The lowest BCUT2D eigenvalue weighted by Crippen LogP contribution is -2.49. The maximum Gasteiger partial charge on any atom is 0.321 e. The summed E-state index contributed by atoms with van der Waals surface area (Å²) in [5, 5.41) is 10.4. The van der Waals surface area contributed by atoms with Crippen molar-refractivity contribution in [2.24, 2.45) is 5.92 Å². The van der Waals surface area contributed by atoms with Crippen molar-refractivity contribution in [2.75, 3.05) is 43.5 Å². The third-order valence-electron chi connectivity index (χ3n) is 6.42. The molecule has 3 N–H and O–H groups in total. The molecule has 3 atom stereocenters. The molecule has 2 saturated heterocycles. The fourth-order valence-corrected chi connectivity index (χ4v) is 4.85. The van der Waals surface area contributed by atoms with Gasteiger partial charge in [-0.3, -0.25) is 0 Å². The highest BCUT2D eigenvalue weighted by molar-refractivity contribution is 5.89. The van der Waals surface area contributed by atoms with Crippen LogP contribution in [0, 0.1) is 5.92 Å². The summed E-state index contributed by atoms with van der Waals surface area (Å²) in [5.74, 6) is 0.614. The van der Waals surface area contributed by atoms with Gasteiger partial charge in [-0.25, -0.2) is 4.79 Å². The fraction of sp³-hybridized carbons (Fsp3) is 0.682. The van der Waals surface area contributed by atoms with Gasteiger partial charge in [-0.2, -0.15) is 0 Å². The van der Waals surface area contributed by atoms with Crippen LogP contribution in [0.15, 0.2) is 24.3 Å². The first-order valence-electron chi connectivity index (χ1n) is 11.0. The number of nitrogens with zero attached hydrogens (tertiary/aromatic N) is 1. The lowest BCUT2D eigenvalue weighted by molar-refractivity contribution is 0.0559. The molecule has 0 aromatic heterocycles. The Morgan fingerprint density at radius 1 is 1.00 bits per heavy atom. The van der Waals surface area contributed by atoms with Crippen molar-refractivity contribution in [1.82, 2.24) is 10.2 Å². The molecule has 0 spiro atoms. The number of nitrogens with one attached hydrogen (secondary N) is 3. The monoisotopic (exact) mass is 422 g/mol. The van der Waals surface area contributed by atoms with E-state index in [4.69, 9.17) is 4.74 Å². The number of carbonyl (C=O) groups is 1. The minimum atomic E-state index is 0. The van der Waals surface area contributed by atoms with Crippen LogP contribution in [0.5, 0.6) is 0 Å². The summed E-state index contributed by atoms with van der Waals surface area (Å²) in [4.78, 5) is 14.4. The summed E-state index contributed by atoms with van der Waals surface area (Å²) in [6, 6.07) is 9.14. The van der Waals surface area contributed by atoms with E-state index in [1.807, 2.05) is 17.0 Å². The molecule has 4 rings (SSSR count). The van der Waals surface area contributed by atoms with Gasteiger partial charge in [0, 0.05) is 43.1 Å². The number of urea groups is 1. The van der Waals surface area contributed by atoms with Crippen molar-refractivity contribution in [3.63, 3.8) is 0 Å². The second kappa shape index (κ2) is 11.0. The van der Waals surface area contributed by atoms with Gasteiger partial charge in [-0.15, -0.1) is 12.4 Å². The second-order valence-corrected chi connectivity index (χ2v) is 8.39. The Hall–Kier alpha value is -1.50. The predicted octanol–water partition coefficient (Wildman–Crippen LogP) is 4.09. The summed E-state index contributed by atoms with van der Waals surface area (Å²) >= 11 is 0. The van der Waals surface area contributed by atoms with Gasteiger partial charge in [0.05, 0.1) is 13.2 Å². The summed E-state index contributed by atoms with van der Waals surface area (Å²) in [5.41, 5.74) is 1.99. The summed E-state index contributed by atoms with van der Waals surface area (Å²) in [7, 11) is 0. The van der Waals surface area contributed by atoms with Crippen molar-refractivity contribution in [1.29, 1.82) is 0 Å². The Morgan fingerprint density at radius 3 is 2.41 bits per heavy atom. The zero-order valence-corrected chi connectivity index (χ0v) is 18.0. The molecule has 1 saturated carbocycles. The van der Waals surface area contributed by atoms with Crippen LogP contribution in [0.4, 0.5) is 16.2 Å². The number of anilines is 2. The number of morpholine rings is 1. The summed E-state index contributed by atoms with van der Waals surface area (Å²) < 4.78 is 5.67. The molecular formula is C22H35ClN4O2. The first kappa shape index (κ1) is 22.2. The Kier molecular flexibility index (Phi) is 8.45. The van der Waals surface area contributed by atoms with Crippen molar-refractivity contribution in [3.8, 4) is 0 Å². The van der Waals surface area contributed by atoms with E-state index < -0.39 is 0 Å². The SMILES string of the molecule is Cl.O=C(Nc1ccc(NC2CCCC2C2COCCN2)cc1)N1CCCCCC1. The standard InChI is InChI=1S/C22H34N4O2.ClH/c27-22(26-13-3-1-2-4-14-26)25-18-10-8-17(9-11-18)24-20-7-5-6-19(20)21-16-28-15-12-23-21;/h8-11,19-21,23-24H,1-7,12-16H2,(H,25,27);1H. The maximum absolute atomic E-state index is 12.5. The van der Waals surface area contributed by atoms with Crippen LogP contribution in [0.25, 0.3) is 0 Å². The van der Waals surface area contributed by atoms with Crippen LogP contribution in [0.3, 0.4) is 0 Å². The van der Waals surface area contributed by atoms with E-state index in [0.717, 1.165) is 57.1 Å². The first-order chi connectivity index (χ1) is 13.8. The molecule has 3 fully saturated rings. The van der Waals surface area contributed by atoms with Crippen molar-refractivity contribution >= 4 is 29.8 Å². The summed E-state index contributed by atoms with van der Waals surface area (Å²) in [6.07, 6.45) is 8.41. The molecule has 162 valence electrons. The average molecular weight is 423 g/mol. The molecule has 1 aromatic rings. The van der Waals surface area contributed by atoms with Gasteiger partial charge in [-0.05, 0) is 55.9 Å². The quantitative estimate of drug-likeness (QED) is 0.683. The molecule has 3 unspecified atom stereocenters. The van der Waals surface area contributed by atoms with E-state index >= 15 is 0 Å². The molecule has 7 heteroatoms. The highest BCUT2D eigenvalue weighted by atomic mass is 35.5. The van der Waals surface area contributed by atoms with E-state index in [2.05, 4.69) is 28.1 Å². The molecule has 0 bridgehead atoms. The number of carbonyl (C=O) groups excluding carboxylic acids is 1. The van der Waals surface area contributed by atoms with Crippen LogP contribution in [-0.2, 0) is 4.74 Å². The van der Waals surface area contributed by atoms with Crippen molar-refractivity contribution in [2.45, 2.75) is 57.0 Å². The molecule has 2 heterocycles. The average Bonchev–Trinajstić information content (AvgIpc) is 3.01. The van der Waals surface area contributed by atoms with Crippen LogP contribution in [0.1, 0.15) is 44.9 Å². The molecule has 0 radical (unpaired) electrons. The fourth-order valence-electron chi connectivity index (χ4n) is 4.85. The number of rotatable bonds is 4. The molecule has 2 amide bonds. The third kappa shape index (κ3) is 6.00. The minimum Gasteiger partial charge on any atom is -0.382 e. The largest absolute Gasteiger partial charge is 0.382 e. The normalized spacial score (nSPS) is 27.6. The van der Waals surface area contributed by atoms with Gasteiger partial charge in [0.15, 0.2) is 0 Å². The van der Waals surface area contributed by atoms with Gasteiger partial charge in [0.2, 0.25) is 0 Å². The molecular weight excluding hydrogens is 388 g/mol. The number of ether oxygens (including phenoxy) is 1. The molecule has 3 aliphatic rings. The molecule has 2 aliphatic heterocycles. The minimum absolute atomic E-state index is 0. The Balaban J connectivity index is 0.00000240. The Bertz CT molecular complexity index is 628. The van der Waals surface area contributed by atoms with Gasteiger partial charge in [-0.1, -0.05) is 19.3 Å². The number of hydrogen-bond donors (Lipinski definition) is 3. The third-order valence-corrected chi connectivity index (χ3v) is 6.42. The van der Waals surface area contributed by atoms with Gasteiger partial charge in [0.25, 0.3) is 0 Å². The zero-order valence-electron chi connectivity index (χ0n) is 17.2. The number of hydrogen-bond acceptors (Lipinski definition) is 4. The van der Waals surface area contributed by atoms with Crippen molar-refractivity contribution in [3.05, 3.63) is 24.3 Å². The highest BCUT2D eigenvalue weighted by Crippen LogP contribution is 2.32. The Labute approximate surface area is 180 Å². The van der Waals surface area contributed by atoms with E-state index in [0.29, 0.717) is 18.0 Å². The van der Waals surface area contributed by atoms with E-state index in [1.54, 1.807) is 0 Å². The number of benzene rings is 1. The van der Waals surface area contributed by atoms with Gasteiger partial charge in [0.1, 0.15) is 0 Å². The van der Waals surface area contributed by atoms with E-state index in [1.165, 1.54) is 32.1 Å². The smallest absolute Gasteiger partial charge is 0.321 e. The van der Waals surface area contributed by atoms with Gasteiger partial charge < -0.3 is 25.6 Å².